The van der Waals surface area contributed by atoms with Crippen molar-refractivity contribution in [2.45, 2.75) is 20.0 Å². The average Bonchev–Trinajstić information content (AvgIpc) is 2.53. The molecule has 1 aliphatic rings. The second-order valence-corrected chi connectivity index (χ2v) is 5.12. The van der Waals surface area contributed by atoms with Gasteiger partial charge >= 0.3 is 0 Å². The molecule has 0 radical (unpaired) electrons. The van der Waals surface area contributed by atoms with E-state index in [4.69, 9.17) is 4.74 Å². The molecule has 2 aromatic carbocycles. The first-order valence-electron chi connectivity index (χ1n) is 7.07. The van der Waals surface area contributed by atoms with E-state index < -0.39 is 0 Å². The standard InChI is InChI=1S/C18H15NO3/c1-12(20)14-7-9-16(18-15(14)8-10-17(21)19-18)22-11-13-5-3-2-4-6-13/h2-9H,10-11H2,1H3. The molecule has 4 nitrogen and oxygen atoms in total. The monoisotopic (exact) mass is 293 g/mol. The fourth-order valence-electron chi connectivity index (χ4n) is 2.43. The predicted molar refractivity (Wildman–Crippen MR) is 82.1 cm³/mol. The quantitative estimate of drug-likeness (QED) is 0.808. The summed E-state index contributed by atoms with van der Waals surface area (Å²) in [6.45, 7) is 1.89. The lowest BCUT2D eigenvalue weighted by Crippen LogP contribution is -2.35. The van der Waals surface area contributed by atoms with Gasteiger partial charge in [-0.05, 0) is 24.6 Å². The summed E-state index contributed by atoms with van der Waals surface area (Å²) in [5, 5.41) is 1.15. The molecule has 110 valence electrons. The van der Waals surface area contributed by atoms with E-state index in [0.717, 1.165) is 5.56 Å². The third kappa shape index (κ3) is 2.81. The van der Waals surface area contributed by atoms with Gasteiger partial charge in [-0.3, -0.25) is 9.59 Å². The molecule has 0 fully saturated rings. The third-order valence-corrected chi connectivity index (χ3v) is 3.51. The van der Waals surface area contributed by atoms with Crippen molar-refractivity contribution in [2.75, 3.05) is 0 Å². The molecule has 0 saturated carbocycles. The van der Waals surface area contributed by atoms with Gasteiger partial charge in [0, 0.05) is 17.2 Å². The number of ketones is 1. The van der Waals surface area contributed by atoms with Crippen LogP contribution in [-0.4, -0.2) is 11.7 Å². The zero-order chi connectivity index (χ0) is 15.5. The maximum absolute atomic E-state index is 11.7. The van der Waals surface area contributed by atoms with Crippen molar-refractivity contribution in [1.82, 2.24) is 0 Å². The Kier molecular flexibility index (Phi) is 3.83. The van der Waals surface area contributed by atoms with Crippen LogP contribution in [0.4, 0.5) is 0 Å². The second-order valence-electron chi connectivity index (χ2n) is 5.12. The molecule has 4 heteroatoms. The van der Waals surface area contributed by atoms with Crippen molar-refractivity contribution >= 4 is 17.8 Å². The second kappa shape index (κ2) is 5.93. The van der Waals surface area contributed by atoms with Crippen molar-refractivity contribution in [3.05, 3.63) is 64.2 Å². The number of carbonyl (C=O) groups excluding carboxylic acids is 2. The van der Waals surface area contributed by atoms with Gasteiger partial charge in [0.05, 0.1) is 0 Å². The predicted octanol–water partition coefficient (Wildman–Crippen LogP) is 1.80. The van der Waals surface area contributed by atoms with Crippen LogP contribution in [0, 0.1) is 0 Å². The fourth-order valence-corrected chi connectivity index (χ4v) is 2.43. The van der Waals surface area contributed by atoms with Crippen LogP contribution in [0.1, 0.15) is 29.3 Å². The lowest BCUT2D eigenvalue weighted by atomic mass is 10.0. The minimum atomic E-state index is -0.224. The minimum absolute atomic E-state index is 0.0494. The number of carbonyl (C=O) groups is 2. The van der Waals surface area contributed by atoms with E-state index in [-0.39, 0.29) is 18.1 Å². The number of fused-ring (bicyclic) bond motifs is 1. The summed E-state index contributed by atoms with van der Waals surface area (Å²) >= 11 is 0. The summed E-state index contributed by atoms with van der Waals surface area (Å²) in [4.78, 5) is 27.4. The highest BCUT2D eigenvalue weighted by Crippen LogP contribution is 2.09. The fraction of sp³-hybridized carbons (Fsp3) is 0.167. The lowest BCUT2D eigenvalue weighted by Gasteiger charge is -2.10. The molecule has 1 heterocycles. The van der Waals surface area contributed by atoms with Crippen LogP contribution in [0.5, 0.6) is 5.75 Å². The van der Waals surface area contributed by atoms with Crippen LogP contribution in [0.15, 0.2) is 47.5 Å². The number of benzene rings is 2. The molecule has 0 atom stereocenters. The first-order valence-corrected chi connectivity index (χ1v) is 7.07. The highest BCUT2D eigenvalue weighted by atomic mass is 16.5. The van der Waals surface area contributed by atoms with E-state index in [9.17, 15) is 9.59 Å². The van der Waals surface area contributed by atoms with E-state index in [1.807, 2.05) is 30.3 Å². The molecular weight excluding hydrogens is 278 g/mol. The molecule has 1 aliphatic heterocycles. The van der Waals surface area contributed by atoms with Crippen LogP contribution < -0.4 is 15.3 Å². The van der Waals surface area contributed by atoms with Gasteiger partial charge in [-0.25, -0.2) is 4.99 Å². The van der Waals surface area contributed by atoms with E-state index in [1.165, 1.54) is 6.92 Å². The van der Waals surface area contributed by atoms with Gasteiger partial charge in [-0.1, -0.05) is 36.4 Å². The van der Waals surface area contributed by atoms with E-state index in [1.54, 1.807) is 18.2 Å². The van der Waals surface area contributed by atoms with Gasteiger partial charge in [0.2, 0.25) is 5.91 Å². The van der Waals surface area contributed by atoms with E-state index >= 15 is 0 Å². The normalized spacial score (nSPS) is 12.9. The SMILES string of the molecule is CC(=O)c1ccc(OCc2ccccc2)c2c1=CCC(=O)N=2. The zero-order valence-corrected chi connectivity index (χ0v) is 12.2. The number of hydrogen-bond donors (Lipinski definition) is 0. The molecule has 0 saturated heterocycles. The smallest absolute Gasteiger partial charge is 0.250 e. The molecular formula is C18H15NO3. The van der Waals surface area contributed by atoms with Gasteiger partial charge < -0.3 is 4.74 Å². The first kappa shape index (κ1) is 14.2. The zero-order valence-electron chi connectivity index (χ0n) is 12.2. The third-order valence-electron chi connectivity index (χ3n) is 3.51. The minimum Gasteiger partial charge on any atom is -0.487 e. The highest BCUT2D eigenvalue weighted by Gasteiger charge is 2.13. The Balaban J connectivity index is 2.01. The van der Waals surface area contributed by atoms with Crippen molar-refractivity contribution in [2.24, 2.45) is 4.99 Å². The summed E-state index contributed by atoms with van der Waals surface area (Å²) in [7, 11) is 0. The van der Waals surface area contributed by atoms with E-state index in [2.05, 4.69) is 4.99 Å². The van der Waals surface area contributed by atoms with Crippen molar-refractivity contribution in [3.63, 3.8) is 0 Å². The van der Waals surface area contributed by atoms with Gasteiger partial charge in [0.25, 0.3) is 0 Å². The number of nitrogens with zero attached hydrogens (tertiary/aromatic N) is 1. The molecule has 1 amide bonds. The number of Topliss-reactive ketones (excluding diaryl/α,β-unsaturated/α-hetero) is 1. The molecule has 0 spiro atoms. The molecule has 0 N–H and O–H groups in total. The summed E-state index contributed by atoms with van der Waals surface area (Å²) in [6.07, 6.45) is 1.96. The van der Waals surface area contributed by atoms with Gasteiger partial charge in [0.15, 0.2) is 5.78 Å². The Hall–Kier alpha value is -2.75. The summed E-state index contributed by atoms with van der Waals surface area (Å²) in [5.74, 6) is 0.248. The highest BCUT2D eigenvalue weighted by molar-refractivity contribution is 5.95. The number of hydrogen-bond acceptors (Lipinski definition) is 3. The van der Waals surface area contributed by atoms with Gasteiger partial charge in [0.1, 0.15) is 17.7 Å². The van der Waals surface area contributed by atoms with Crippen molar-refractivity contribution < 1.29 is 14.3 Å². The van der Waals surface area contributed by atoms with Crippen LogP contribution in [0.25, 0.3) is 6.08 Å². The Labute approximate surface area is 127 Å². The Morgan fingerprint density at radius 1 is 1.18 bits per heavy atom. The molecule has 22 heavy (non-hydrogen) atoms. The Morgan fingerprint density at radius 3 is 2.68 bits per heavy atom. The maximum atomic E-state index is 11.7. The van der Waals surface area contributed by atoms with Crippen LogP contribution in [-0.2, 0) is 11.4 Å². The van der Waals surface area contributed by atoms with Crippen LogP contribution in [0.3, 0.4) is 0 Å². The van der Waals surface area contributed by atoms with Gasteiger partial charge in [-0.2, -0.15) is 0 Å². The Morgan fingerprint density at radius 2 is 1.95 bits per heavy atom. The van der Waals surface area contributed by atoms with Crippen LogP contribution >= 0.6 is 0 Å². The Bertz CT molecular complexity index is 854. The largest absolute Gasteiger partial charge is 0.487 e. The molecule has 0 aromatic heterocycles. The average molecular weight is 293 g/mol. The molecule has 3 rings (SSSR count). The topological polar surface area (TPSA) is 55.7 Å². The maximum Gasteiger partial charge on any atom is 0.250 e. The first-order chi connectivity index (χ1) is 10.6. The molecule has 0 aliphatic carbocycles. The molecule has 0 unspecified atom stereocenters. The lowest BCUT2D eigenvalue weighted by molar-refractivity contribution is -0.117. The van der Waals surface area contributed by atoms with Crippen molar-refractivity contribution in [3.8, 4) is 5.75 Å². The van der Waals surface area contributed by atoms with Crippen LogP contribution in [0.2, 0.25) is 0 Å². The molecule has 2 aromatic rings. The van der Waals surface area contributed by atoms with Crippen molar-refractivity contribution in [1.29, 1.82) is 0 Å². The van der Waals surface area contributed by atoms with Gasteiger partial charge in [-0.15, -0.1) is 0 Å². The summed E-state index contributed by atoms with van der Waals surface area (Å²) in [6, 6.07) is 13.2. The number of rotatable bonds is 4. The number of ether oxygens (including phenoxy) is 1. The van der Waals surface area contributed by atoms with E-state index in [0.29, 0.717) is 28.5 Å². The molecule has 0 bridgehead atoms. The number of amides is 1. The summed E-state index contributed by atoms with van der Waals surface area (Å²) < 4.78 is 5.80. The summed E-state index contributed by atoms with van der Waals surface area (Å²) in [5.41, 5.74) is 1.59.